The second-order valence-electron chi connectivity index (χ2n) is 3.85. The van der Waals surface area contributed by atoms with Gasteiger partial charge in [-0.3, -0.25) is 0 Å². The van der Waals surface area contributed by atoms with E-state index in [1.807, 2.05) is 19.1 Å². The smallest absolute Gasteiger partial charge is 0.494 e. The maximum Gasteiger partial charge on any atom is 0.495 e. The quantitative estimate of drug-likeness (QED) is 0.749. The molecule has 1 aromatic carbocycles. The van der Waals surface area contributed by atoms with E-state index in [-0.39, 0.29) is 0 Å². The SMILES string of the molecule is CCCOc1cc(C)cc2c1B(O)OC2. The molecule has 1 aliphatic rings. The number of hydrogen-bond donors (Lipinski definition) is 1. The molecule has 0 unspecified atom stereocenters. The Kier molecular flexibility index (Phi) is 2.98. The van der Waals surface area contributed by atoms with Crippen molar-refractivity contribution in [2.45, 2.75) is 26.9 Å². The molecule has 4 heteroatoms. The summed E-state index contributed by atoms with van der Waals surface area (Å²) in [5.41, 5.74) is 2.97. The molecule has 0 bridgehead atoms. The number of ether oxygens (including phenoxy) is 1. The molecule has 1 N–H and O–H groups in total. The minimum absolute atomic E-state index is 0.473. The van der Waals surface area contributed by atoms with Gasteiger partial charge in [-0.2, -0.15) is 0 Å². The predicted octanol–water partition coefficient (Wildman–Crippen LogP) is 1.00. The number of rotatable bonds is 3. The Morgan fingerprint density at radius 1 is 1.53 bits per heavy atom. The molecule has 1 aliphatic heterocycles. The van der Waals surface area contributed by atoms with Crippen molar-refractivity contribution in [2.75, 3.05) is 6.61 Å². The van der Waals surface area contributed by atoms with Crippen LogP contribution in [0.15, 0.2) is 12.1 Å². The van der Waals surface area contributed by atoms with Crippen LogP contribution < -0.4 is 10.2 Å². The van der Waals surface area contributed by atoms with Crippen molar-refractivity contribution in [1.29, 1.82) is 0 Å². The fourth-order valence-electron chi connectivity index (χ4n) is 1.82. The number of benzene rings is 1. The van der Waals surface area contributed by atoms with Gasteiger partial charge in [-0.25, -0.2) is 0 Å². The van der Waals surface area contributed by atoms with Crippen molar-refractivity contribution >= 4 is 12.6 Å². The van der Waals surface area contributed by atoms with Crippen molar-refractivity contribution in [1.82, 2.24) is 0 Å². The van der Waals surface area contributed by atoms with E-state index in [0.29, 0.717) is 13.2 Å². The first-order valence-electron chi connectivity index (χ1n) is 5.28. The third kappa shape index (κ3) is 2.01. The lowest BCUT2D eigenvalue weighted by molar-refractivity contribution is 0.274. The maximum absolute atomic E-state index is 9.65. The minimum atomic E-state index is -0.826. The fraction of sp³-hybridized carbons (Fsp3) is 0.455. The van der Waals surface area contributed by atoms with Crippen molar-refractivity contribution in [3.8, 4) is 5.75 Å². The average Bonchev–Trinajstić information content (AvgIpc) is 2.56. The first-order valence-corrected chi connectivity index (χ1v) is 5.28. The number of fused-ring (bicyclic) bond motifs is 1. The zero-order valence-electron chi connectivity index (χ0n) is 9.12. The molecule has 0 saturated heterocycles. The number of aryl methyl sites for hydroxylation is 1. The highest BCUT2D eigenvalue weighted by Crippen LogP contribution is 2.20. The maximum atomic E-state index is 9.65. The van der Waals surface area contributed by atoms with Gasteiger partial charge in [-0.15, -0.1) is 0 Å². The van der Waals surface area contributed by atoms with Crippen LogP contribution in [-0.2, 0) is 11.3 Å². The van der Waals surface area contributed by atoms with E-state index in [0.717, 1.165) is 28.8 Å². The molecule has 0 fully saturated rings. The Morgan fingerprint density at radius 2 is 2.33 bits per heavy atom. The molecule has 0 amide bonds. The summed E-state index contributed by atoms with van der Waals surface area (Å²) in [5.74, 6) is 0.761. The summed E-state index contributed by atoms with van der Waals surface area (Å²) in [6.07, 6.45) is 0.958. The monoisotopic (exact) mass is 206 g/mol. The van der Waals surface area contributed by atoms with Gasteiger partial charge < -0.3 is 14.4 Å². The topological polar surface area (TPSA) is 38.7 Å². The highest BCUT2D eigenvalue weighted by molar-refractivity contribution is 6.62. The van der Waals surface area contributed by atoms with E-state index in [2.05, 4.69) is 6.92 Å². The lowest BCUT2D eigenvalue weighted by Crippen LogP contribution is -2.30. The van der Waals surface area contributed by atoms with E-state index in [4.69, 9.17) is 9.39 Å². The molecule has 15 heavy (non-hydrogen) atoms. The minimum Gasteiger partial charge on any atom is -0.494 e. The molecule has 0 atom stereocenters. The third-order valence-corrected chi connectivity index (χ3v) is 2.48. The van der Waals surface area contributed by atoms with E-state index in [1.165, 1.54) is 0 Å². The summed E-state index contributed by atoms with van der Waals surface area (Å²) in [6.45, 7) is 5.22. The molecule has 3 nitrogen and oxygen atoms in total. The van der Waals surface area contributed by atoms with Gasteiger partial charge in [-0.05, 0) is 30.5 Å². The molecule has 0 spiro atoms. The first kappa shape index (κ1) is 10.5. The van der Waals surface area contributed by atoms with Crippen LogP contribution in [0.5, 0.6) is 5.75 Å². The fourth-order valence-corrected chi connectivity index (χ4v) is 1.82. The van der Waals surface area contributed by atoms with Gasteiger partial charge in [0.05, 0.1) is 13.2 Å². The van der Waals surface area contributed by atoms with Gasteiger partial charge in [0.25, 0.3) is 0 Å². The summed E-state index contributed by atoms with van der Waals surface area (Å²) >= 11 is 0. The van der Waals surface area contributed by atoms with Crippen LogP contribution in [0.3, 0.4) is 0 Å². The van der Waals surface area contributed by atoms with Crippen LogP contribution in [0.1, 0.15) is 24.5 Å². The van der Waals surface area contributed by atoms with Gasteiger partial charge in [0.2, 0.25) is 0 Å². The second kappa shape index (κ2) is 4.25. The lowest BCUT2D eigenvalue weighted by Gasteiger charge is -2.11. The van der Waals surface area contributed by atoms with Crippen LogP contribution in [0.2, 0.25) is 0 Å². The third-order valence-electron chi connectivity index (χ3n) is 2.48. The van der Waals surface area contributed by atoms with E-state index >= 15 is 0 Å². The summed E-state index contributed by atoms with van der Waals surface area (Å²) in [6, 6.07) is 3.98. The molecule has 0 saturated carbocycles. The van der Waals surface area contributed by atoms with Gasteiger partial charge in [-0.1, -0.05) is 13.0 Å². The lowest BCUT2D eigenvalue weighted by atomic mass is 9.78. The molecule has 2 rings (SSSR count). The Hall–Kier alpha value is -0.995. The van der Waals surface area contributed by atoms with Gasteiger partial charge in [0.1, 0.15) is 5.75 Å². The standard InChI is InChI=1S/C11H15BO3/c1-3-4-14-10-6-8(2)5-9-7-15-12(13)11(9)10/h5-6,13H,3-4,7H2,1-2H3. The molecule has 1 aromatic rings. The van der Waals surface area contributed by atoms with E-state index in [9.17, 15) is 5.02 Å². The highest BCUT2D eigenvalue weighted by Gasteiger charge is 2.31. The molecule has 1 heterocycles. The van der Waals surface area contributed by atoms with E-state index in [1.54, 1.807) is 0 Å². The normalized spacial score (nSPS) is 14.2. The van der Waals surface area contributed by atoms with Crippen molar-refractivity contribution in [3.05, 3.63) is 23.3 Å². The molecule has 0 aliphatic carbocycles. The van der Waals surface area contributed by atoms with Crippen LogP contribution >= 0.6 is 0 Å². The van der Waals surface area contributed by atoms with Crippen LogP contribution in [0, 0.1) is 6.92 Å². The Morgan fingerprint density at radius 3 is 3.07 bits per heavy atom. The molecular formula is C11H15BO3. The second-order valence-corrected chi connectivity index (χ2v) is 3.85. The Bertz CT molecular complexity index is 365. The zero-order chi connectivity index (χ0) is 10.8. The van der Waals surface area contributed by atoms with Crippen LogP contribution in [0.4, 0.5) is 0 Å². The van der Waals surface area contributed by atoms with Gasteiger partial charge in [0.15, 0.2) is 0 Å². The zero-order valence-corrected chi connectivity index (χ0v) is 9.12. The largest absolute Gasteiger partial charge is 0.495 e. The Labute approximate surface area is 90.2 Å². The molecule has 80 valence electrons. The summed E-state index contributed by atoms with van der Waals surface area (Å²) in [5, 5.41) is 9.65. The van der Waals surface area contributed by atoms with Crippen molar-refractivity contribution in [3.63, 3.8) is 0 Å². The van der Waals surface area contributed by atoms with E-state index < -0.39 is 7.12 Å². The Balaban J connectivity index is 2.35. The van der Waals surface area contributed by atoms with Crippen LogP contribution in [0.25, 0.3) is 0 Å². The van der Waals surface area contributed by atoms with Gasteiger partial charge >= 0.3 is 7.12 Å². The van der Waals surface area contributed by atoms with Gasteiger partial charge in [0, 0.05) is 5.46 Å². The number of hydrogen-bond acceptors (Lipinski definition) is 3. The van der Waals surface area contributed by atoms with Crippen LogP contribution in [-0.4, -0.2) is 18.7 Å². The predicted molar refractivity (Wildman–Crippen MR) is 59.4 cm³/mol. The summed E-state index contributed by atoms with van der Waals surface area (Å²) in [4.78, 5) is 0. The average molecular weight is 206 g/mol. The summed E-state index contributed by atoms with van der Waals surface area (Å²) in [7, 11) is -0.826. The van der Waals surface area contributed by atoms with Crippen molar-refractivity contribution in [2.24, 2.45) is 0 Å². The van der Waals surface area contributed by atoms with Crippen molar-refractivity contribution < 1.29 is 14.4 Å². The molecule has 0 radical (unpaired) electrons. The highest BCUT2D eigenvalue weighted by atomic mass is 16.5. The summed E-state index contributed by atoms with van der Waals surface area (Å²) < 4.78 is 10.8. The molecular weight excluding hydrogens is 191 g/mol. The molecule has 0 aromatic heterocycles. The first-order chi connectivity index (χ1) is 7.22.